The molecule has 0 aromatic heterocycles. The fourth-order valence-corrected chi connectivity index (χ4v) is 4.66. The molecule has 0 aromatic carbocycles. The van der Waals surface area contributed by atoms with E-state index in [9.17, 15) is 19.2 Å². The average molecular weight is 464 g/mol. The van der Waals surface area contributed by atoms with E-state index in [1.54, 1.807) is 19.9 Å². The Bertz CT molecular complexity index is 953. The maximum absolute atomic E-state index is 13.0. The molecule has 0 N–H and O–H groups in total. The summed E-state index contributed by atoms with van der Waals surface area (Å²) in [6, 6.07) is 0. The molecule has 3 saturated heterocycles. The van der Waals surface area contributed by atoms with Gasteiger partial charge in [-0.15, -0.1) is 0 Å². The molecule has 0 bridgehead atoms. The van der Waals surface area contributed by atoms with Crippen molar-refractivity contribution in [2.24, 2.45) is 5.92 Å². The molecule has 4 aliphatic rings. The van der Waals surface area contributed by atoms with Crippen molar-refractivity contribution in [3.05, 3.63) is 23.8 Å². The SMILES string of the molecule is C=C1C(=O)OC2C1C(OC(C)=O)C(OC(=O)C1(C)OC1C)/C(C(=O)OC)=C\CCC1(C)OC21. The van der Waals surface area contributed by atoms with E-state index in [-0.39, 0.29) is 17.3 Å². The van der Waals surface area contributed by atoms with Crippen LogP contribution in [0.1, 0.15) is 40.5 Å². The summed E-state index contributed by atoms with van der Waals surface area (Å²) in [5.41, 5.74) is -1.77. The van der Waals surface area contributed by atoms with Gasteiger partial charge in [-0.1, -0.05) is 12.7 Å². The minimum absolute atomic E-state index is 0.0115. The van der Waals surface area contributed by atoms with Gasteiger partial charge in [0.15, 0.2) is 17.8 Å². The summed E-state index contributed by atoms with van der Waals surface area (Å²) in [6.45, 7) is 10.2. The third kappa shape index (κ3) is 3.95. The van der Waals surface area contributed by atoms with E-state index in [1.165, 1.54) is 14.0 Å². The van der Waals surface area contributed by atoms with Gasteiger partial charge in [0.05, 0.1) is 30.3 Å². The Morgan fingerprint density at radius 2 is 1.85 bits per heavy atom. The molecule has 180 valence electrons. The van der Waals surface area contributed by atoms with Crippen LogP contribution in [0.25, 0.3) is 0 Å². The average Bonchev–Trinajstić information content (AvgIpc) is 3.57. The van der Waals surface area contributed by atoms with Crippen molar-refractivity contribution >= 4 is 23.9 Å². The maximum atomic E-state index is 13.0. The van der Waals surface area contributed by atoms with Crippen LogP contribution < -0.4 is 0 Å². The predicted octanol–water partition coefficient (Wildman–Crippen LogP) is 1.16. The van der Waals surface area contributed by atoms with Crippen molar-refractivity contribution in [1.29, 1.82) is 0 Å². The van der Waals surface area contributed by atoms with Gasteiger partial charge in [-0.3, -0.25) is 4.79 Å². The number of hydrogen-bond acceptors (Lipinski definition) is 10. The number of ether oxygens (including phenoxy) is 6. The van der Waals surface area contributed by atoms with E-state index in [4.69, 9.17) is 28.4 Å². The number of methoxy groups -OCH3 is 1. The van der Waals surface area contributed by atoms with Crippen molar-refractivity contribution < 1.29 is 47.6 Å². The molecule has 0 saturated carbocycles. The van der Waals surface area contributed by atoms with Crippen LogP contribution in [0.2, 0.25) is 0 Å². The second kappa shape index (κ2) is 7.95. The monoisotopic (exact) mass is 464 g/mol. The Labute approximate surface area is 191 Å². The molecule has 8 atom stereocenters. The van der Waals surface area contributed by atoms with Crippen LogP contribution in [-0.2, 0) is 47.6 Å². The number of hydrogen-bond donors (Lipinski definition) is 0. The Hall–Kier alpha value is -2.72. The Morgan fingerprint density at radius 3 is 2.42 bits per heavy atom. The normalized spacial score (nSPS) is 43.1. The highest BCUT2D eigenvalue weighted by Crippen LogP contribution is 2.51. The summed E-state index contributed by atoms with van der Waals surface area (Å²) in [7, 11) is 1.19. The lowest BCUT2D eigenvalue weighted by Crippen LogP contribution is -2.49. The number of carbonyl (C=O) groups is 4. The highest BCUT2D eigenvalue weighted by molar-refractivity contribution is 5.93. The quantitative estimate of drug-likeness (QED) is 0.258. The lowest BCUT2D eigenvalue weighted by atomic mass is 9.80. The van der Waals surface area contributed by atoms with Gasteiger partial charge in [0.1, 0.15) is 12.2 Å². The van der Waals surface area contributed by atoms with Gasteiger partial charge in [0.2, 0.25) is 0 Å². The summed E-state index contributed by atoms with van der Waals surface area (Å²) < 4.78 is 33.1. The molecule has 10 nitrogen and oxygen atoms in total. The van der Waals surface area contributed by atoms with Crippen molar-refractivity contribution in [2.75, 3.05) is 7.11 Å². The van der Waals surface area contributed by atoms with E-state index in [0.717, 1.165) is 0 Å². The second-order valence-electron chi connectivity index (χ2n) is 9.23. The number of carbonyl (C=O) groups excluding carboxylic acids is 4. The first kappa shape index (κ1) is 23.4. The van der Waals surface area contributed by atoms with Gasteiger partial charge in [-0.25, -0.2) is 14.4 Å². The number of epoxide rings is 2. The zero-order chi connectivity index (χ0) is 24.3. The van der Waals surface area contributed by atoms with E-state index in [0.29, 0.717) is 12.8 Å². The lowest BCUT2D eigenvalue weighted by molar-refractivity contribution is -0.174. The summed E-state index contributed by atoms with van der Waals surface area (Å²) in [6.07, 6.45) is -1.86. The van der Waals surface area contributed by atoms with Crippen molar-refractivity contribution in [3.8, 4) is 0 Å². The molecule has 0 radical (unpaired) electrons. The standard InChI is InChI=1S/C23H28O10/c1-10-14-16(29-12(3)24)15(31-21(27)23(5)11(2)32-23)13(20(26)28-6)8-7-9-22(4)18(33-22)17(14)30-19(10)25/h8,11,14-18H,1,7,9H2,2-6H3/b13-8+. The fourth-order valence-electron chi connectivity index (χ4n) is 4.66. The van der Waals surface area contributed by atoms with Crippen LogP contribution in [0.5, 0.6) is 0 Å². The highest BCUT2D eigenvalue weighted by Gasteiger charge is 2.65. The first-order chi connectivity index (χ1) is 15.4. The van der Waals surface area contributed by atoms with Gasteiger partial charge >= 0.3 is 23.9 Å². The molecule has 33 heavy (non-hydrogen) atoms. The molecule has 0 spiro atoms. The molecule has 3 aliphatic heterocycles. The fraction of sp³-hybridized carbons (Fsp3) is 0.652. The third-order valence-corrected chi connectivity index (χ3v) is 6.97. The second-order valence-corrected chi connectivity index (χ2v) is 9.23. The number of esters is 4. The molecule has 10 heteroatoms. The summed E-state index contributed by atoms with van der Waals surface area (Å²) in [5, 5.41) is 0. The van der Waals surface area contributed by atoms with Gasteiger partial charge in [-0.2, -0.15) is 0 Å². The first-order valence-corrected chi connectivity index (χ1v) is 10.8. The molecule has 0 amide bonds. The zero-order valence-electron chi connectivity index (χ0n) is 19.2. The largest absolute Gasteiger partial charge is 0.466 e. The molecule has 3 heterocycles. The van der Waals surface area contributed by atoms with Crippen LogP contribution in [0, 0.1) is 5.92 Å². The number of allylic oxidation sites excluding steroid dienone is 1. The third-order valence-electron chi connectivity index (χ3n) is 6.97. The van der Waals surface area contributed by atoms with Gasteiger partial charge < -0.3 is 28.4 Å². The molecule has 3 fully saturated rings. The molecule has 4 rings (SSSR count). The first-order valence-electron chi connectivity index (χ1n) is 10.8. The van der Waals surface area contributed by atoms with Crippen LogP contribution >= 0.6 is 0 Å². The summed E-state index contributed by atoms with van der Waals surface area (Å²) in [4.78, 5) is 50.4. The van der Waals surface area contributed by atoms with Gasteiger partial charge in [0.25, 0.3) is 0 Å². The molecular formula is C23H28O10. The van der Waals surface area contributed by atoms with E-state index in [1.807, 2.05) is 6.92 Å². The van der Waals surface area contributed by atoms with Crippen LogP contribution in [0.3, 0.4) is 0 Å². The molecule has 0 aromatic rings. The van der Waals surface area contributed by atoms with Crippen LogP contribution in [0.15, 0.2) is 23.8 Å². The Kier molecular flexibility index (Phi) is 5.65. The van der Waals surface area contributed by atoms with E-state index < -0.39 is 65.4 Å². The molecular weight excluding hydrogens is 436 g/mol. The summed E-state index contributed by atoms with van der Waals surface area (Å²) in [5.74, 6) is -3.77. The summed E-state index contributed by atoms with van der Waals surface area (Å²) >= 11 is 0. The minimum atomic E-state index is -1.39. The topological polar surface area (TPSA) is 130 Å². The Balaban J connectivity index is 1.82. The van der Waals surface area contributed by atoms with Crippen molar-refractivity contribution in [1.82, 2.24) is 0 Å². The number of rotatable bonds is 4. The van der Waals surface area contributed by atoms with Crippen molar-refractivity contribution in [3.63, 3.8) is 0 Å². The van der Waals surface area contributed by atoms with E-state index in [2.05, 4.69) is 6.58 Å². The Morgan fingerprint density at radius 1 is 1.18 bits per heavy atom. The zero-order valence-corrected chi connectivity index (χ0v) is 19.2. The molecule has 1 aliphatic carbocycles. The van der Waals surface area contributed by atoms with Gasteiger partial charge in [0, 0.05) is 12.5 Å². The van der Waals surface area contributed by atoms with Crippen LogP contribution in [0.4, 0.5) is 0 Å². The lowest BCUT2D eigenvalue weighted by Gasteiger charge is -2.34. The van der Waals surface area contributed by atoms with Crippen molar-refractivity contribution in [2.45, 2.75) is 82.3 Å². The smallest absolute Gasteiger partial charge is 0.341 e. The van der Waals surface area contributed by atoms with Crippen LogP contribution in [-0.4, -0.2) is 72.7 Å². The highest BCUT2D eigenvalue weighted by atomic mass is 16.7. The van der Waals surface area contributed by atoms with Gasteiger partial charge in [-0.05, 0) is 33.6 Å². The predicted molar refractivity (Wildman–Crippen MR) is 110 cm³/mol. The maximum Gasteiger partial charge on any atom is 0.341 e. The molecule has 8 unspecified atom stereocenters. The number of fused-ring (bicyclic) bond motifs is 3. The van der Waals surface area contributed by atoms with E-state index >= 15 is 0 Å². The minimum Gasteiger partial charge on any atom is -0.466 e.